The van der Waals surface area contributed by atoms with Crippen LogP contribution in [0.25, 0.3) is 0 Å². The van der Waals surface area contributed by atoms with Crippen LogP contribution in [0.4, 0.5) is 4.39 Å². The Labute approximate surface area is 183 Å². The summed E-state index contributed by atoms with van der Waals surface area (Å²) in [6.45, 7) is 4.56. The minimum absolute atomic E-state index is 0.163. The molecule has 0 aromatic heterocycles. The summed E-state index contributed by atoms with van der Waals surface area (Å²) in [7, 11) is 1.70. The molecular formula is C24H31FN4O2. The SMILES string of the molecule is CN=C(NCCCC(=O)N1CCc2ccccc2C1)NCC(C)Oc1cccc(F)c1. The van der Waals surface area contributed by atoms with Crippen LogP contribution in [-0.4, -0.2) is 49.6 Å². The number of carbonyl (C=O) groups excluding carboxylic acids is 1. The highest BCUT2D eigenvalue weighted by molar-refractivity contribution is 5.80. The van der Waals surface area contributed by atoms with Crippen molar-refractivity contribution in [2.75, 3.05) is 26.7 Å². The third-order valence-electron chi connectivity index (χ3n) is 5.26. The molecule has 0 fully saturated rings. The smallest absolute Gasteiger partial charge is 0.222 e. The van der Waals surface area contributed by atoms with Gasteiger partial charge in [-0.3, -0.25) is 9.79 Å². The fourth-order valence-corrected chi connectivity index (χ4v) is 3.59. The number of hydrogen-bond donors (Lipinski definition) is 2. The Morgan fingerprint density at radius 2 is 2.00 bits per heavy atom. The van der Waals surface area contributed by atoms with Gasteiger partial charge >= 0.3 is 0 Å². The van der Waals surface area contributed by atoms with Gasteiger partial charge in [0.2, 0.25) is 5.91 Å². The number of nitrogens with one attached hydrogen (secondary N) is 2. The molecule has 7 heteroatoms. The fraction of sp³-hybridized carbons (Fsp3) is 0.417. The van der Waals surface area contributed by atoms with E-state index in [2.05, 4.69) is 33.8 Å². The number of guanidine groups is 1. The zero-order valence-electron chi connectivity index (χ0n) is 18.2. The normalized spacial score (nSPS) is 14.5. The molecule has 3 rings (SSSR count). The Kier molecular flexibility index (Phi) is 8.27. The number of halogens is 1. The van der Waals surface area contributed by atoms with Crippen molar-refractivity contribution < 1.29 is 13.9 Å². The number of nitrogens with zero attached hydrogens (tertiary/aromatic N) is 2. The van der Waals surface area contributed by atoms with Gasteiger partial charge in [0, 0.05) is 39.2 Å². The van der Waals surface area contributed by atoms with Crippen LogP contribution in [0.5, 0.6) is 5.75 Å². The maximum Gasteiger partial charge on any atom is 0.222 e. The van der Waals surface area contributed by atoms with Gasteiger partial charge in [-0.2, -0.15) is 0 Å². The van der Waals surface area contributed by atoms with Crippen molar-refractivity contribution in [2.45, 2.75) is 38.8 Å². The van der Waals surface area contributed by atoms with Crippen LogP contribution in [0.15, 0.2) is 53.5 Å². The van der Waals surface area contributed by atoms with Crippen LogP contribution >= 0.6 is 0 Å². The third kappa shape index (κ3) is 6.98. The summed E-state index contributed by atoms with van der Waals surface area (Å²) >= 11 is 0. The molecule has 0 saturated heterocycles. The van der Waals surface area contributed by atoms with Gasteiger partial charge in [0.05, 0.1) is 6.54 Å². The second kappa shape index (κ2) is 11.3. The summed E-state index contributed by atoms with van der Waals surface area (Å²) in [4.78, 5) is 18.7. The lowest BCUT2D eigenvalue weighted by molar-refractivity contribution is -0.132. The molecule has 6 nitrogen and oxygen atoms in total. The van der Waals surface area contributed by atoms with Crippen LogP contribution in [-0.2, 0) is 17.8 Å². The standard InChI is InChI=1S/C24H31FN4O2/c1-18(31-22-10-5-9-21(25)15-22)16-28-24(26-2)27-13-6-11-23(30)29-14-12-19-7-3-4-8-20(19)17-29/h3-5,7-10,15,18H,6,11-14,16-17H2,1-2H3,(H2,26,27,28). The monoisotopic (exact) mass is 426 g/mol. The van der Waals surface area contributed by atoms with E-state index in [0.29, 0.717) is 37.8 Å². The van der Waals surface area contributed by atoms with Crippen molar-refractivity contribution in [3.8, 4) is 5.75 Å². The van der Waals surface area contributed by atoms with Crippen LogP contribution in [0.2, 0.25) is 0 Å². The number of amides is 1. The molecule has 1 amide bonds. The number of hydrogen-bond acceptors (Lipinski definition) is 3. The lowest BCUT2D eigenvalue weighted by Gasteiger charge is -2.29. The predicted octanol–water partition coefficient (Wildman–Crippen LogP) is 3.12. The van der Waals surface area contributed by atoms with Crippen LogP contribution in [0.3, 0.4) is 0 Å². The van der Waals surface area contributed by atoms with E-state index in [1.807, 2.05) is 17.9 Å². The quantitative estimate of drug-likeness (QED) is 0.387. The third-order valence-corrected chi connectivity index (χ3v) is 5.26. The molecule has 1 unspecified atom stereocenters. The van der Waals surface area contributed by atoms with E-state index in [4.69, 9.17) is 4.74 Å². The summed E-state index contributed by atoms with van der Waals surface area (Å²) in [5.41, 5.74) is 2.60. The van der Waals surface area contributed by atoms with E-state index >= 15 is 0 Å². The summed E-state index contributed by atoms with van der Waals surface area (Å²) in [5, 5.41) is 6.42. The zero-order valence-corrected chi connectivity index (χ0v) is 18.2. The molecule has 0 aliphatic carbocycles. The van der Waals surface area contributed by atoms with Gasteiger partial charge in [-0.25, -0.2) is 4.39 Å². The molecule has 2 N–H and O–H groups in total. The Bertz CT molecular complexity index is 903. The first-order valence-corrected chi connectivity index (χ1v) is 10.8. The topological polar surface area (TPSA) is 66.0 Å². The minimum Gasteiger partial charge on any atom is -0.489 e. The fourth-order valence-electron chi connectivity index (χ4n) is 3.59. The van der Waals surface area contributed by atoms with E-state index in [-0.39, 0.29) is 17.8 Å². The van der Waals surface area contributed by atoms with Gasteiger partial charge in [-0.05, 0) is 43.0 Å². The molecule has 166 valence electrons. The number of carbonyl (C=O) groups is 1. The average molecular weight is 427 g/mol. The lowest BCUT2D eigenvalue weighted by atomic mass is 9.99. The van der Waals surface area contributed by atoms with Crippen molar-refractivity contribution in [3.63, 3.8) is 0 Å². The van der Waals surface area contributed by atoms with E-state index in [1.54, 1.807) is 19.2 Å². The highest BCUT2D eigenvalue weighted by Gasteiger charge is 2.19. The van der Waals surface area contributed by atoms with Gasteiger partial charge in [-0.1, -0.05) is 30.3 Å². The molecule has 1 heterocycles. The Balaban J connectivity index is 1.33. The van der Waals surface area contributed by atoms with Gasteiger partial charge in [0.1, 0.15) is 17.7 Å². The van der Waals surface area contributed by atoms with Crippen LogP contribution < -0.4 is 15.4 Å². The molecule has 1 aliphatic heterocycles. The van der Waals surface area contributed by atoms with Crippen LogP contribution in [0, 0.1) is 5.82 Å². The molecule has 0 radical (unpaired) electrons. The summed E-state index contributed by atoms with van der Waals surface area (Å²) in [6.07, 6.45) is 1.99. The summed E-state index contributed by atoms with van der Waals surface area (Å²) in [6, 6.07) is 14.4. The summed E-state index contributed by atoms with van der Waals surface area (Å²) in [5.74, 6) is 1.01. The molecule has 0 spiro atoms. The maximum absolute atomic E-state index is 13.2. The number of aliphatic imine (C=N–C) groups is 1. The van der Waals surface area contributed by atoms with Gasteiger partial charge in [-0.15, -0.1) is 0 Å². The van der Waals surface area contributed by atoms with Crippen LogP contribution in [0.1, 0.15) is 30.9 Å². The molecule has 31 heavy (non-hydrogen) atoms. The number of fused-ring (bicyclic) bond motifs is 1. The van der Waals surface area contributed by atoms with Gasteiger partial charge in [0.25, 0.3) is 0 Å². The molecule has 2 aromatic rings. The van der Waals surface area contributed by atoms with Crippen molar-refractivity contribution in [1.82, 2.24) is 15.5 Å². The van der Waals surface area contributed by atoms with E-state index in [1.165, 1.54) is 23.3 Å². The Hall–Kier alpha value is -3.09. The first-order chi connectivity index (χ1) is 15.0. The van der Waals surface area contributed by atoms with Crippen molar-refractivity contribution in [2.24, 2.45) is 4.99 Å². The maximum atomic E-state index is 13.2. The first kappa shape index (κ1) is 22.6. The number of ether oxygens (including phenoxy) is 1. The van der Waals surface area contributed by atoms with E-state index in [9.17, 15) is 9.18 Å². The van der Waals surface area contributed by atoms with Crippen molar-refractivity contribution >= 4 is 11.9 Å². The number of benzene rings is 2. The van der Waals surface area contributed by atoms with Gasteiger partial charge < -0.3 is 20.3 Å². The molecular weight excluding hydrogens is 395 g/mol. The largest absolute Gasteiger partial charge is 0.489 e. The second-order valence-electron chi connectivity index (χ2n) is 7.70. The Morgan fingerprint density at radius 3 is 2.77 bits per heavy atom. The predicted molar refractivity (Wildman–Crippen MR) is 121 cm³/mol. The highest BCUT2D eigenvalue weighted by Crippen LogP contribution is 2.19. The van der Waals surface area contributed by atoms with Crippen molar-refractivity contribution in [1.29, 1.82) is 0 Å². The highest BCUT2D eigenvalue weighted by atomic mass is 19.1. The average Bonchev–Trinajstić information content (AvgIpc) is 2.78. The molecule has 0 bridgehead atoms. The molecule has 0 saturated carbocycles. The molecule has 1 atom stereocenters. The number of rotatable bonds is 8. The first-order valence-electron chi connectivity index (χ1n) is 10.8. The molecule has 1 aliphatic rings. The second-order valence-corrected chi connectivity index (χ2v) is 7.70. The zero-order chi connectivity index (χ0) is 22.1. The summed E-state index contributed by atoms with van der Waals surface area (Å²) < 4.78 is 19.0. The molecule has 2 aromatic carbocycles. The minimum atomic E-state index is -0.321. The van der Waals surface area contributed by atoms with E-state index < -0.39 is 0 Å². The van der Waals surface area contributed by atoms with Gasteiger partial charge in [0.15, 0.2) is 5.96 Å². The van der Waals surface area contributed by atoms with E-state index in [0.717, 1.165) is 19.4 Å². The lowest BCUT2D eigenvalue weighted by Crippen LogP contribution is -2.42. The Morgan fingerprint density at radius 1 is 1.19 bits per heavy atom. The van der Waals surface area contributed by atoms with Crippen molar-refractivity contribution in [3.05, 3.63) is 65.5 Å².